The summed E-state index contributed by atoms with van der Waals surface area (Å²) < 4.78 is 10.5. The summed E-state index contributed by atoms with van der Waals surface area (Å²) in [4.78, 5) is 23.4. The summed E-state index contributed by atoms with van der Waals surface area (Å²) >= 11 is 0. The molecule has 0 atom stereocenters. The van der Waals surface area contributed by atoms with Gasteiger partial charge in [0, 0.05) is 12.8 Å². The highest BCUT2D eigenvalue weighted by Gasteiger charge is 2.05. The summed E-state index contributed by atoms with van der Waals surface area (Å²) in [6.07, 6.45) is 8.02. The van der Waals surface area contributed by atoms with Gasteiger partial charge in [-0.25, -0.2) is 0 Å². The van der Waals surface area contributed by atoms with E-state index < -0.39 is 0 Å². The lowest BCUT2D eigenvalue weighted by Crippen LogP contribution is -2.07. The van der Waals surface area contributed by atoms with Crippen LogP contribution in [-0.4, -0.2) is 11.9 Å². The van der Waals surface area contributed by atoms with Crippen LogP contribution in [0.3, 0.4) is 0 Å². The number of esters is 2. The highest BCUT2D eigenvalue weighted by molar-refractivity contribution is 5.72. The van der Waals surface area contributed by atoms with E-state index in [0.29, 0.717) is 24.3 Å². The molecule has 0 amide bonds. The fraction of sp³-hybridized carbons (Fsp3) is 0.391. The third-order valence-corrected chi connectivity index (χ3v) is 4.21. The topological polar surface area (TPSA) is 52.6 Å². The summed E-state index contributed by atoms with van der Waals surface area (Å²) in [5, 5.41) is 0. The molecule has 144 valence electrons. The Kier molecular flexibility index (Phi) is 9.72. The lowest BCUT2D eigenvalue weighted by atomic mass is 10.1. The molecular formula is C23H28O4. The van der Waals surface area contributed by atoms with Crippen LogP contribution < -0.4 is 9.47 Å². The van der Waals surface area contributed by atoms with Crippen LogP contribution in [0.1, 0.15) is 57.8 Å². The molecule has 0 aromatic heterocycles. The maximum absolute atomic E-state index is 11.7. The SMILES string of the molecule is O=C(CCCCCCCCCC(=O)Oc1ccccc1)Oc1ccccc1. The number of benzene rings is 2. The molecule has 0 aliphatic rings. The highest BCUT2D eigenvalue weighted by atomic mass is 16.5. The normalized spacial score (nSPS) is 10.4. The lowest BCUT2D eigenvalue weighted by molar-refractivity contribution is -0.135. The molecule has 0 saturated carbocycles. The van der Waals surface area contributed by atoms with Crippen molar-refractivity contribution in [1.82, 2.24) is 0 Å². The Morgan fingerprint density at radius 3 is 1.22 bits per heavy atom. The monoisotopic (exact) mass is 368 g/mol. The second-order valence-electron chi connectivity index (χ2n) is 6.55. The molecule has 0 fully saturated rings. The molecule has 0 heterocycles. The molecule has 27 heavy (non-hydrogen) atoms. The van der Waals surface area contributed by atoms with Crippen LogP contribution >= 0.6 is 0 Å². The van der Waals surface area contributed by atoms with Gasteiger partial charge in [-0.3, -0.25) is 9.59 Å². The maximum Gasteiger partial charge on any atom is 0.311 e. The fourth-order valence-electron chi connectivity index (χ4n) is 2.76. The molecule has 4 heteroatoms. The van der Waals surface area contributed by atoms with Crippen LogP contribution in [0, 0.1) is 0 Å². The quantitative estimate of drug-likeness (QED) is 0.274. The minimum Gasteiger partial charge on any atom is -0.427 e. The Balaban J connectivity index is 1.40. The van der Waals surface area contributed by atoms with Gasteiger partial charge in [0.2, 0.25) is 0 Å². The molecular weight excluding hydrogens is 340 g/mol. The van der Waals surface area contributed by atoms with Crippen LogP contribution in [0.2, 0.25) is 0 Å². The standard InChI is InChI=1S/C23H28O4/c24-22(26-20-14-8-6-9-15-20)18-12-4-2-1-3-5-13-19-23(25)27-21-16-10-7-11-17-21/h6-11,14-17H,1-5,12-13,18-19H2. The van der Waals surface area contributed by atoms with E-state index in [1.165, 1.54) is 0 Å². The Hall–Kier alpha value is -2.62. The number of ether oxygens (including phenoxy) is 2. The number of para-hydroxylation sites is 2. The molecule has 0 radical (unpaired) electrons. The highest BCUT2D eigenvalue weighted by Crippen LogP contribution is 2.14. The average Bonchev–Trinajstić information content (AvgIpc) is 2.68. The van der Waals surface area contributed by atoms with E-state index in [-0.39, 0.29) is 11.9 Å². The van der Waals surface area contributed by atoms with Gasteiger partial charge in [0.05, 0.1) is 0 Å². The number of unbranched alkanes of at least 4 members (excludes halogenated alkanes) is 6. The molecule has 0 aliphatic carbocycles. The lowest BCUT2D eigenvalue weighted by Gasteiger charge is -2.05. The number of rotatable bonds is 12. The molecule has 0 spiro atoms. The zero-order valence-electron chi connectivity index (χ0n) is 15.8. The van der Waals surface area contributed by atoms with Gasteiger partial charge in [-0.15, -0.1) is 0 Å². The van der Waals surface area contributed by atoms with Gasteiger partial charge in [0.25, 0.3) is 0 Å². The van der Waals surface area contributed by atoms with E-state index in [0.717, 1.165) is 44.9 Å². The van der Waals surface area contributed by atoms with Crippen molar-refractivity contribution in [1.29, 1.82) is 0 Å². The van der Waals surface area contributed by atoms with E-state index in [1.54, 1.807) is 24.3 Å². The third kappa shape index (κ3) is 9.59. The third-order valence-electron chi connectivity index (χ3n) is 4.21. The van der Waals surface area contributed by atoms with Gasteiger partial charge in [0.1, 0.15) is 11.5 Å². The smallest absolute Gasteiger partial charge is 0.311 e. The molecule has 0 aliphatic heterocycles. The predicted molar refractivity (Wildman–Crippen MR) is 106 cm³/mol. The number of carbonyl (C=O) groups is 2. The molecule has 2 rings (SSSR count). The summed E-state index contributed by atoms with van der Waals surface area (Å²) in [5.41, 5.74) is 0. The van der Waals surface area contributed by atoms with Crippen LogP contribution in [0.4, 0.5) is 0 Å². The first-order chi connectivity index (χ1) is 13.2. The second-order valence-corrected chi connectivity index (χ2v) is 6.55. The van der Waals surface area contributed by atoms with Crippen LogP contribution in [0.15, 0.2) is 60.7 Å². The van der Waals surface area contributed by atoms with Crippen LogP contribution in [0.25, 0.3) is 0 Å². The van der Waals surface area contributed by atoms with Crippen LogP contribution in [0.5, 0.6) is 11.5 Å². The van der Waals surface area contributed by atoms with Crippen molar-refractivity contribution < 1.29 is 19.1 Å². The number of hydrogen-bond donors (Lipinski definition) is 0. The molecule has 2 aromatic rings. The summed E-state index contributed by atoms with van der Waals surface area (Å²) in [6, 6.07) is 18.3. The largest absolute Gasteiger partial charge is 0.427 e. The first-order valence-electron chi connectivity index (χ1n) is 9.75. The van der Waals surface area contributed by atoms with Gasteiger partial charge >= 0.3 is 11.9 Å². The van der Waals surface area contributed by atoms with Crippen molar-refractivity contribution in [2.45, 2.75) is 57.8 Å². The Bertz CT molecular complexity index is 608. The Morgan fingerprint density at radius 1 is 0.519 bits per heavy atom. The van der Waals surface area contributed by atoms with Gasteiger partial charge in [-0.05, 0) is 37.1 Å². The van der Waals surface area contributed by atoms with E-state index in [2.05, 4.69) is 0 Å². The predicted octanol–water partition coefficient (Wildman–Crippen LogP) is 5.71. The van der Waals surface area contributed by atoms with Crippen molar-refractivity contribution in [2.24, 2.45) is 0 Å². The fourth-order valence-corrected chi connectivity index (χ4v) is 2.76. The summed E-state index contributed by atoms with van der Waals surface area (Å²) in [6.45, 7) is 0. The van der Waals surface area contributed by atoms with Crippen molar-refractivity contribution in [3.63, 3.8) is 0 Å². The van der Waals surface area contributed by atoms with Gasteiger partial charge in [0.15, 0.2) is 0 Å². The first kappa shape index (κ1) is 20.7. The van der Waals surface area contributed by atoms with E-state index >= 15 is 0 Å². The van der Waals surface area contributed by atoms with Crippen molar-refractivity contribution in [2.75, 3.05) is 0 Å². The van der Waals surface area contributed by atoms with Gasteiger partial charge in [-0.1, -0.05) is 68.5 Å². The molecule has 2 aromatic carbocycles. The van der Waals surface area contributed by atoms with E-state index in [4.69, 9.17) is 9.47 Å². The zero-order valence-corrected chi connectivity index (χ0v) is 15.8. The Morgan fingerprint density at radius 2 is 0.852 bits per heavy atom. The minimum atomic E-state index is -0.168. The molecule has 0 saturated heterocycles. The second kappa shape index (κ2) is 12.7. The molecule has 0 N–H and O–H groups in total. The Labute approximate surface area is 161 Å². The molecule has 4 nitrogen and oxygen atoms in total. The van der Waals surface area contributed by atoms with Gasteiger partial charge < -0.3 is 9.47 Å². The first-order valence-corrected chi connectivity index (χ1v) is 9.75. The average molecular weight is 368 g/mol. The minimum absolute atomic E-state index is 0.168. The van der Waals surface area contributed by atoms with Crippen LogP contribution in [-0.2, 0) is 9.59 Å². The zero-order chi connectivity index (χ0) is 19.2. The van der Waals surface area contributed by atoms with Gasteiger partial charge in [-0.2, -0.15) is 0 Å². The van der Waals surface area contributed by atoms with Crippen molar-refractivity contribution in [3.8, 4) is 11.5 Å². The van der Waals surface area contributed by atoms with Crippen molar-refractivity contribution in [3.05, 3.63) is 60.7 Å². The maximum atomic E-state index is 11.7. The summed E-state index contributed by atoms with van der Waals surface area (Å²) in [5.74, 6) is 0.873. The number of hydrogen-bond acceptors (Lipinski definition) is 4. The summed E-state index contributed by atoms with van der Waals surface area (Å²) in [7, 11) is 0. The van der Waals surface area contributed by atoms with E-state index in [9.17, 15) is 9.59 Å². The molecule has 0 bridgehead atoms. The van der Waals surface area contributed by atoms with E-state index in [1.807, 2.05) is 36.4 Å². The number of carbonyl (C=O) groups excluding carboxylic acids is 2. The molecule has 0 unspecified atom stereocenters. The van der Waals surface area contributed by atoms with Crippen molar-refractivity contribution >= 4 is 11.9 Å².